The van der Waals surface area contributed by atoms with Gasteiger partial charge in [-0.05, 0) is 10.8 Å². The van der Waals surface area contributed by atoms with E-state index in [1.165, 1.54) is 24.0 Å². The van der Waals surface area contributed by atoms with E-state index in [1.54, 1.807) is 0 Å². The first-order valence-corrected chi connectivity index (χ1v) is 6.31. The van der Waals surface area contributed by atoms with Crippen molar-refractivity contribution in [1.82, 2.24) is 0 Å². The van der Waals surface area contributed by atoms with Crippen molar-refractivity contribution in [3.8, 4) is 0 Å². The van der Waals surface area contributed by atoms with E-state index in [9.17, 15) is 13.2 Å². The maximum atomic E-state index is 9.62. The molecule has 0 aliphatic rings. The Hall–Kier alpha value is -0.861. The molecule has 0 fully saturated rings. The Morgan fingerprint density at radius 2 is 0.905 bits per heavy atom. The third-order valence-electron chi connectivity index (χ3n) is 1.66. The van der Waals surface area contributed by atoms with Crippen molar-refractivity contribution < 1.29 is 31.7 Å². The van der Waals surface area contributed by atoms with Crippen LogP contribution in [0, 0.1) is 0 Å². The summed E-state index contributed by atoms with van der Waals surface area (Å²) in [4.78, 5) is 0. The summed E-state index contributed by atoms with van der Waals surface area (Å²) >= 11 is 0. The molecule has 0 heterocycles. The quantitative estimate of drug-likeness (QED) is 0.524. The molecule has 5 heteroatoms. The van der Waals surface area contributed by atoms with Crippen molar-refractivity contribution >= 4 is 18.6 Å². The minimum Gasteiger partial charge on any atom is -0.255 e. The zero-order valence-corrected chi connectivity index (χ0v) is 14.6. The molecular weight excluding hydrogens is 311 g/mol. The van der Waals surface area contributed by atoms with E-state index < -0.39 is 6.93 Å². The Bertz CT molecular complexity index is 319. The molecule has 0 amide bonds. The van der Waals surface area contributed by atoms with Crippen LogP contribution in [0.1, 0.15) is 20.3 Å². The predicted octanol–water partition coefficient (Wildman–Crippen LogP) is 5.93. The Kier molecular flexibility index (Phi) is 37.1. The largest absolute Gasteiger partial charge is 0.255 e. The molecule has 21 heavy (non-hydrogen) atoms. The summed E-state index contributed by atoms with van der Waals surface area (Å²) in [5.41, 5.74) is 0. The van der Waals surface area contributed by atoms with Gasteiger partial charge in [-0.15, -0.1) is 0 Å². The Morgan fingerprint density at radius 1 is 0.762 bits per heavy atom. The third-order valence-corrected chi connectivity index (χ3v) is 1.66. The van der Waals surface area contributed by atoms with E-state index in [1.807, 2.05) is 0 Å². The van der Waals surface area contributed by atoms with Gasteiger partial charge in [0, 0.05) is 18.6 Å². The summed E-state index contributed by atoms with van der Waals surface area (Å²) in [5.74, 6) is 0. The average molecular weight is 335 g/mol. The Morgan fingerprint density at radius 3 is 1.05 bits per heavy atom. The number of hydrogen-bond acceptors (Lipinski definition) is 0. The van der Waals surface area contributed by atoms with Crippen LogP contribution in [0.25, 0.3) is 10.8 Å². The molecule has 0 aliphatic carbocycles. The van der Waals surface area contributed by atoms with Crippen molar-refractivity contribution in [2.45, 2.75) is 27.1 Å². The predicted molar refractivity (Wildman–Crippen MR) is 85.6 cm³/mol. The molecule has 0 nitrogen and oxygen atoms in total. The van der Waals surface area contributed by atoms with Gasteiger partial charge in [0.25, 0.3) is 0 Å². The van der Waals surface area contributed by atoms with E-state index in [-0.39, 0.29) is 18.6 Å². The first-order chi connectivity index (χ1) is 9.79. The molecule has 0 atom stereocenters. The van der Waals surface area contributed by atoms with Gasteiger partial charge in [-0.2, -0.15) is 0 Å². The normalized spacial score (nSPS) is 7.00. The average Bonchev–Trinajstić information content (AvgIpc) is 2.53. The fourth-order valence-electron chi connectivity index (χ4n) is 1.13. The molecule has 3 radical (unpaired) electrons. The first kappa shape index (κ1) is 28.3. The minimum absolute atomic E-state index is 0. The summed E-state index contributed by atoms with van der Waals surface area (Å²) in [5, 5.41) is 2.62. The maximum absolute atomic E-state index is 9.62. The molecule has 2 rings (SSSR count). The molecule has 0 unspecified atom stereocenters. The number of rotatable bonds is 0. The fraction of sp³-hybridized carbons (Fsp3) is 0.375. The molecule has 0 bridgehead atoms. The number of alkyl halides is 3. The van der Waals surface area contributed by atoms with E-state index in [4.69, 9.17) is 0 Å². The van der Waals surface area contributed by atoms with Gasteiger partial charge >= 0.3 is 0 Å². The van der Waals surface area contributed by atoms with Gasteiger partial charge < -0.3 is 0 Å². The number of hydrogen-bond donors (Lipinski definition) is 0. The van der Waals surface area contributed by atoms with Crippen molar-refractivity contribution in [2.24, 2.45) is 0 Å². The second kappa shape index (κ2) is 27.5. The van der Waals surface area contributed by atoms with Gasteiger partial charge in [0.2, 0.25) is 6.93 Å². The zero-order valence-electron chi connectivity index (χ0n) is 13.2. The van der Waals surface area contributed by atoms with Crippen LogP contribution in [0.4, 0.5) is 13.2 Å². The van der Waals surface area contributed by atoms with Gasteiger partial charge in [0.1, 0.15) is 0 Å². The van der Waals surface area contributed by atoms with E-state index in [0.717, 1.165) is 0 Å². The molecule has 0 N–H and O–H groups in total. The van der Waals surface area contributed by atoms with Crippen molar-refractivity contribution in [3.63, 3.8) is 0 Å². The van der Waals surface area contributed by atoms with Crippen molar-refractivity contribution in [1.29, 1.82) is 0 Å². The van der Waals surface area contributed by atoms with Crippen LogP contribution in [0.15, 0.2) is 48.5 Å². The molecule has 0 saturated carbocycles. The van der Waals surface area contributed by atoms with E-state index in [0.29, 0.717) is 7.18 Å². The molecule has 2 aromatic rings. The van der Waals surface area contributed by atoms with Crippen LogP contribution in [0.2, 0.25) is 6.82 Å². The summed E-state index contributed by atoms with van der Waals surface area (Å²) in [6.07, 6.45) is 1.25. The Balaban J connectivity index is -0.000000113. The smallest absolute Gasteiger partial charge is 0.229 e. The van der Waals surface area contributed by atoms with Crippen LogP contribution >= 0.6 is 0 Å². The van der Waals surface area contributed by atoms with Gasteiger partial charge in [-0.3, -0.25) is 4.39 Å². The number of halogens is 3. The van der Waals surface area contributed by atoms with E-state index in [2.05, 4.69) is 70.2 Å². The zero-order chi connectivity index (χ0) is 16.2. The molecular formula is C16H24BF3V. The maximum Gasteiger partial charge on any atom is 0.229 e. The second-order valence-electron chi connectivity index (χ2n) is 3.16. The summed E-state index contributed by atoms with van der Waals surface area (Å²) < 4.78 is 28.8. The molecule has 0 aromatic heterocycles. The van der Waals surface area contributed by atoms with Crippen LogP contribution in [0.5, 0.6) is 0 Å². The monoisotopic (exact) mass is 335 g/mol. The SMILES string of the molecule is CCC.CF.FCF.[B]C.[V].c1ccc2ccccc2c1. The van der Waals surface area contributed by atoms with Gasteiger partial charge in [0.05, 0.1) is 15.0 Å². The summed E-state index contributed by atoms with van der Waals surface area (Å²) in [6, 6.07) is 16.7. The van der Waals surface area contributed by atoms with Crippen molar-refractivity contribution in [3.05, 3.63) is 48.5 Å². The van der Waals surface area contributed by atoms with Gasteiger partial charge in [-0.25, -0.2) is 8.78 Å². The first-order valence-electron chi connectivity index (χ1n) is 6.31. The van der Waals surface area contributed by atoms with Gasteiger partial charge in [-0.1, -0.05) is 75.6 Å². The molecule has 0 aliphatic heterocycles. The molecule has 0 spiro atoms. The van der Waals surface area contributed by atoms with Crippen LogP contribution in [-0.2, 0) is 18.6 Å². The van der Waals surface area contributed by atoms with Crippen molar-refractivity contribution in [2.75, 3.05) is 14.1 Å². The summed E-state index contributed by atoms with van der Waals surface area (Å²) in [7, 11) is 5.00. The fourth-order valence-corrected chi connectivity index (χ4v) is 1.13. The molecule has 0 saturated heterocycles. The topological polar surface area (TPSA) is 0 Å². The molecule has 117 valence electrons. The Labute approximate surface area is 140 Å². The van der Waals surface area contributed by atoms with Gasteiger partial charge in [0.15, 0.2) is 0 Å². The van der Waals surface area contributed by atoms with E-state index >= 15 is 0 Å². The van der Waals surface area contributed by atoms with Crippen LogP contribution in [0.3, 0.4) is 0 Å². The minimum atomic E-state index is -1.75. The molecule has 2 aromatic carbocycles. The van der Waals surface area contributed by atoms with Crippen LogP contribution in [-0.4, -0.2) is 22.0 Å². The van der Waals surface area contributed by atoms with Crippen LogP contribution < -0.4 is 0 Å². The third kappa shape index (κ3) is 19.1. The second-order valence-corrected chi connectivity index (χ2v) is 3.16. The summed E-state index contributed by atoms with van der Waals surface area (Å²) in [6.45, 7) is 4.00. The number of benzene rings is 2. The standard InChI is InChI=1S/C10H8.C3H8.CH3B.CH2F2.CH3F.V/c1-2-6-10-8-4-3-7-9(10)5-1;1-3-2;1-2;2-1-3;1-2;/h1-8H;3H2,1-2H3;1H3;1H2;1H3;. The number of fused-ring (bicyclic) bond motifs is 1.